The molecule has 0 aliphatic rings. The van der Waals surface area contributed by atoms with Crippen molar-refractivity contribution in [1.82, 2.24) is 10.7 Å². The van der Waals surface area contributed by atoms with Crippen molar-refractivity contribution in [3.8, 4) is 0 Å². The van der Waals surface area contributed by atoms with Crippen molar-refractivity contribution in [1.29, 1.82) is 0 Å². The molecule has 0 radical (unpaired) electrons. The predicted octanol–water partition coefficient (Wildman–Crippen LogP) is 3.07. The standard InChI is InChI=1S/C17H27N3O3/c1-6-12(2)14(18-16(22)23-17(3,4)5)15(21)20-19-13-10-8-7-9-11-13/h7-12,14,19H,6H2,1-5H3,(H,18,22)(H,20,21). The largest absolute Gasteiger partial charge is 0.444 e. The van der Waals surface area contributed by atoms with Crippen molar-refractivity contribution in [2.75, 3.05) is 5.43 Å². The van der Waals surface area contributed by atoms with Crippen LogP contribution >= 0.6 is 0 Å². The van der Waals surface area contributed by atoms with Gasteiger partial charge in [-0.05, 0) is 38.8 Å². The number of carbonyl (C=O) groups is 2. The first-order valence-corrected chi connectivity index (χ1v) is 7.83. The van der Waals surface area contributed by atoms with Gasteiger partial charge in [0.1, 0.15) is 11.6 Å². The Labute approximate surface area is 138 Å². The average molecular weight is 321 g/mol. The van der Waals surface area contributed by atoms with Gasteiger partial charge in [-0.3, -0.25) is 15.6 Å². The smallest absolute Gasteiger partial charge is 0.408 e. The van der Waals surface area contributed by atoms with Crippen molar-refractivity contribution < 1.29 is 14.3 Å². The zero-order chi connectivity index (χ0) is 17.5. The number of nitrogens with one attached hydrogen (secondary N) is 3. The zero-order valence-corrected chi connectivity index (χ0v) is 14.5. The van der Waals surface area contributed by atoms with Crippen LogP contribution < -0.4 is 16.2 Å². The Balaban J connectivity index is 2.65. The SMILES string of the molecule is CCC(C)C(NC(=O)OC(C)(C)C)C(=O)NNc1ccccc1. The number of hydrogen-bond donors (Lipinski definition) is 3. The topological polar surface area (TPSA) is 79.5 Å². The van der Waals surface area contributed by atoms with Crippen LogP contribution in [0.1, 0.15) is 41.0 Å². The zero-order valence-electron chi connectivity index (χ0n) is 14.5. The maximum absolute atomic E-state index is 12.4. The van der Waals surface area contributed by atoms with Crippen molar-refractivity contribution in [3.05, 3.63) is 30.3 Å². The van der Waals surface area contributed by atoms with Gasteiger partial charge in [0.15, 0.2) is 0 Å². The Morgan fingerprint density at radius 1 is 1.17 bits per heavy atom. The monoisotopic (exact) mass is 321 g/mol. The van der Waals surface area contributed by atoms with Gasteiger partial charge in [0.25, 0.3) is 5.91 Å². The summed E-state index contributed by atoms with van der Waals surface area (Å²) in [6, 6.07) is 8.60. The number of anilines is 1. The van der Waals surface area contributed by atoms with Crippen molar-refractivity contribution in [2.45, 2.75) is 52.7 Å². The van der Waals surface area contributed by atoms with Gasteiger partial charge in [-0.15, -0.1) is 0 Å². The van der Waals surface area contributed by atoms with E-state index in [2.05, 4.69) is 16.2 Å². The van der Waals surface area contributed by atoms with E-state index in [0.717, 1.165) is 12.1 Å². The van der Waals surface area contributed by atoms with Crippen molar-refractivity contribution in [2.24, 2.45) is 5.92 Å². The molecular weight excluding hydrogens is 294 g/mol. The Morgan fingerprint density at radius 2 is 1.78 bits per heavy atom. The number of alkyl carbamates (subject to hydrolysis) is 1. The summed E-state index contributed by atoms with van der Waals surface area (Å²) in [5.74, 6) is -0.339. The summed E-state index contributed by atoms with van der Waals surface area (Å²) >= 11 is 0. The summed E-state index contributed by atoms with van der Waals surface area (Å²) in [6.07, 6.45) is 0.150. The molecule has 6 heteroatoms. The number of rotatable bonds is 6. The van der Waals surface area contributed by atoms with E-state index in [-0.39, 0.29) is 11.8 Å². The molecule has 0 aliphatic heterocycles. The van der Waals surface area contributed by atoms with Gasteiger partial charge >= 0.3 is 6.09 Å². The van der Waals surface area contributed by atoms with Gasteiger partial charge in [-0.1, -0.05) is 38.5 Å². The highest BCUT2D eigenvalue weighted by molar-refractivity contribution is 5.86. The highest BCUT2D eigenvalue weighted by atomic mass is 16.6. The number of para-hydroxylation sites is 1. The minimum Gasteiger partial charge on any atom is -0.444 e. The third-order valence-electron chi connectivity index (χ3n) is 3.27. The number of ether oxygens (including phenoxy) is 1. The Kier molecular flexibility index (Phi) is 6.88. The quantitative estimate of drug-likeness (QED) is 0.704. The third-order valence-corrected chi connectivity index (χ3v) is 3.27. The van der Waals surface area contributed by atoms with E-state index in [1.54, 1.807) is 20.8 Å². The first-order valence-electron chi connectivity index (χ1n) is 7.83. The molecule has 6 nitrogen and oxygen atoms in total. The number of benzene rings is 1. The summed E-state index contributed by atoms with van der Waals surface area (Å²) in [5, 5.41) is 2.65. The molecule has 0 spiro atoms. The third kappa shape index (κ3) is 7.04. The fourth-order valence-corrected chi connectivity index (χ4v) is 1.87. The molecule has 1 aromatic rings. The van der Waals surface area contributed by atoms with E-state index in [0.29, 0.717) is 0 Å². The lowest BCUT2D eigenvalue weighted by molar-refractivity contribution is -0.123. The number of amides is 2. The molecule has 0 aromatic heterocycles. The molecule has 0 fully saturated rings. The molecule has 1 rings (SSSR count). The summed E-state index contributed by atoms with van der Waals surface area (Å²) in [4.78, 5) is 24.3. The van der Waals surface area contributed by atoms with E-state index in [1.165, 1.54) is 0 Å². The van der Waals surface area contributed by atoms with Crippen LogP contribution in [-0.4, -0.2) is 23.6 Å². The Hall–Kier alpha value is -2.24. The highest BCUT2D eigenvalue weighted by Crippen LogP contribution is 2.11. The first-order chi connectivity index (χ1) is 10.7. The Morgan fingerprint density at radius 3 is 2.30 bits per heavy atom. The Bertz CT molecular complexity index is 512. The van der Waals surface area contributed by atoms with Crippen LogP contribution in [0.4, 0.5) is 10.5 Å². The average Bonchev–Trinajstić information content (AvgIpc) is 2.49. The fourth-order valence-electron chi connectivity index (χ4n) is 1.87. The van der Waals surface area contributed by atoms with E-state index in [9.17, 15) is 9.59 Å². The van der Waals surface area contributed by atoms with Crippen LogP contribution in [0.15, 0.2) is 30.3 Å². The molecule has 2 unspecified atom stereocenters. The molecule has 2 amide bonds. The molecule has 128 valence electrons. The molecule has 0 saturated carbocycles. The van der Waals surface area contributed by atoms with Crippen LogP contribution in [0.5, 0.6) is 0 Å². The lowest BCUT2D eigenvalue weighted by Gasteiger charge is -2.26. The minimum atomic E-state index is -0.675. The van der Waals surface area contributed by atoms with Gasteiger partial charge in [-0.2, -0.15) is 0 Å². The molecule has 0 bridgehead atoms. The molecule has 0 heterocycles. The molecule has 1 aromatic carbocycles. The number of hydrogen-bond acceptors (Lipinski definition) is 4. The maximum Gasteiger partial charge on any atom is 0.408 e. The minimum absolute atomic E-state index is 0.0277. The molecule has 23 heavy (non-hydrogen) atoms. The lowest BCUT2D eigenvalue weighted by atomic mass is 9.99. The number of hydrazine groups is 1. The molecule has 2 atom stereocenters. The molecular formula is C17H27N3O3. The first kappa shape index (κ1) is 18.8. The van der Waals surface area contributed by atoms with Crippen molar-refractivity contribution >= 4 is 17.7 Å². The van der Waals surface area contributed by atoms with Crippen LogP contribution in [0.2, 0.25) is 0 Å². The summed E-state index contributed by atoms with van der Waals surface area (Å²) in [7, 11) is 0. The number of carbonyl (C=O) groups excluding carboxylic acids is 2. The second kappa shape index (κ2) is 8.41. The normalized spacial score (nSPS) is 13.6. The van der Waals surface area contributed by atoms with Gasteiger partial charge in [0.05, 0.1) is 5.69 Å². The predicted molar refractivity (Wildman–Crippen MR) is 90.8 cm³/mol. The highest BCUT2D eigenvalue weighted by Gasteiger charge is 2.28. The van der Waals surface area contributed by atoms with Crippen LogP contribution in [0.3, 0.4) is 0 Å². The van der Waals surface area contributed by atoms with Crippen LogP contribution in [0.25, 0.3) is 0 Å². The van der Waals surface area contributed by atoms with Crippen molar-refractivity contribution in [3.63, 3.8) is 0 Å². The second-order valence-corrected chi connectivity index (χ2v) is 6.49. The second-order valence-electron chi connectivity index (χ2n) is 6.49. The fraction of sp³-hybridized carbons (Fsp3) is 0.529. The van der Waals surface area contributed by atoms with Gasteiger partial charge in [0, 0.05) is 0 Å². The maximum atomic E-state index is 12.4. The van der Waals surface area contributed by atoms with Crippen LogP contribution in [0, 0.1) is 5.92 Å². The van der Waals surface area contributed by atoms with E-state index in [4.69, 9.17) is 4.74 Å². The molecule has 3 N–H and O–H groups in total. The van der Waals surface area contributed by atoms with Gasteiger partial charge in [0.2, 0.25) is 0 Å². The summed E-state index contributed by atoms with van der Waals surface area (Å²) < 4.78 is 5.23. The van der Waals surface area contributed by atoms with Gasteiger partial charge in [-0.25, -0.2) is 4.79 Å². The summed E-state index contributed by atoms with van der Waals surface area (Å²) in [6.45, 7) is 9.21. The van der Waals surface area contributed by atoms with Crippen LogP contribution in [-0.2, 0) is 9.53 Å². The van der Waals surface area contributed by atoms with E-state index < -0.39 is 17.7 Å². The molecule has 0 aliphatic carbocycles. The van der Waals surface area contributed by atoms with E-state index in [1.807, 2.05) is 44.2 Å². The van der Waals surface area contributed by atoms with E-state index >= 15 is 0 Å². The van der Waals surface area contributed by atoms with Gasteiger partial charge < -0.3 is 10.1 Å². The summed E-state index contributed by atoms with van der Waals surface area (Å²) in [5.41, 5.74) is 5.61. The molecule has 0 saturated heterocycles. The lowest BCUT2D eigenvalue weighted by Crippen LogP contribution is -2.52.